The van der Waals surface area contributed by atoms with E-state index in [9.17, 15) is 18.4 Å². The van der Waals surface area contributed by atoms with Crippen LogP contribution in [0.4, 0.5) is 29.3 Å². The average molecular weight is 638 g/mol. The fourth-order valence-corrected chi connectivity index (χ4v) is 3.10. The summed E-state index contributed by atoms with van der Waals surface area (Å²) in [5, 5.41) is 17.2. The second-order valence-corrected chi connectivity index (χ2v) is 9.51. The van der Waals surface area contributed by atoms with E-state index < -0.39 is 58.5 Å². The molecule has 0 saturated carbocycles. The third-order valence-electron chi connectivity index (χ3n) is 4.16. The Morgan fingerprint density at radius 1 is 1.14 bits per heavy atom. The van der Waals surface area contributed by atoms with Gasteiger partial charge >= 0.3 is 6.09 Å². The Morgan fingerprint density at radius 3 is 2.51 bits per heavy atom. The highest BCUT2D eigenvalue weighted by Crippen LogP contribution is 2.30. The standard InChI is InChI=1S/C23H26F3IN4O6/c1-23(2,3)37-22(34)28-6-8-35-29-12-13-10-15(21(33)31-36-9-7-32)20(19(26)18(13)25)30-17-5-4-14(27)11-16(17)24/h4-5,10-12,30,32H,6-9H2,1-3H3,(H,28,34)(H,31,33)/b29-12+. The minimum atomic E-state index is -1.49. The second kappa shape index (κ2) is 14.0. The highest BCUT2D eigenvalue weighted by atomic mass is 127. The van der Waals surface area contributed by atoms with Gasteiger partial charge < -0.3 is 25.3 Å². The summed E-state index contributed by atoms with van der Waals surface area (Å²) in [6.07, 6.45) is 0.159. The molecule has 0 atom stereocenters. The van der Waals surface area contributed by atoms with E-state index in [1.54, 1.807) is 20.8 Å². The normalized spacial score (nSPS) is 11.4. The number of hydroxylamine groups is 1. The fraction of sp³-hybridized carbons (Fsp3) is 0.348. The van der Waals surface area contributed by atoms with E-state index in [0.29, 0.717) is 3.57 Å². The smallest absolute Gasteiger partial charge is 0.407 e. The molecule has 4 N–H and O–H groups in total. The Hall–Kier alpha value is -3.11. The molecule has 10 nitrogen and oxygen atoms in total. The van der Waals surface area contributed by atoms with Gasteiger partial charge in [0.25, 0.3) is 5.91 Å². The van der Waals surface area contributed by atoms with E-state index in [2.05, 4.69) is 15.8 Å². The molecule has 0 spiro atoms. The van der Waals surface area contributed by atoms with E-state index in [0.717, 1.165) is 18.3 Å². The summed E-state index contributed by atoms with van der Waals surface area (Å²) in [4.78, 5) is 33.9. The summed E-state index contributed by atoms with van der Waals surface area (Å²) in [6, 6.07) is 4.94. The maximum Gasteiger partial charge on any atom is 0.407 e. The predicted octanol–water partition coefficient (Wildman–Crippen LogP) is 3.98. The number of ether oxygens (including phenoxy) is 1. The van der Waals surface area contributed by atoms with Crippen LogP contribution in [0, 0.1) is 21.0 Å². The van der Waals surface area contributed by atoms with Gasteiger partial charge in [-0.25, -0.2) is 23.4 Å². The van der Waals surface area contributed by atoms with Crippen molar-refractivity contribution in [3.8, 4) is 0 Å². The lowest BCUT2D eigenvalue weighted by Gasteiger charge is -2.19. The van der Waals surface area contributed by atoms with Crippen molar-refractivity contribution in [3.05, 3.63) is 56.4 Å². The Morgan fingerprint density at radius 2 is 1.86 bits per heavy atom. The van der Waals surface area contributed by atoms with Crippen molar-refractivity contribution >= 4 is 52.2 Å². The van der Waals surface area contributed by atoms with Crippen LogP contribution in [-0.4, -0.2) is 55.3 Å². The zero-order chi connectivity index (χ0) is 27.6. The molecule has 0 bridgehead atoms. The first-order valence-electron chi connectivity index (χ1n) is 10.8. The van der Waals surface area contributed by atoms with Crippen molar-refractivity contribution in [2.45, 2.75) is 26.4 Å². The van der Waals surface area contributed by atoms with E-state index in [1.807, 2.05) is 28.1 Å². The van der Waals surface area contributed by atoms with Crippen LogP contribution >= 0.6 is 22.6 Å². The molecule has 0 aliphatic carbocycles. The van der Waals surface area contributed by atoms with Gasteiger partial charge in [0.1, 0.15) is 18.0 Å². The van der Waals surface area contributed by atoms with Crippen LogP contribution < -0.4 is 16.1 Å². The number of carbonyl (C=O) groups excluding carboxylic acids is 2. The Bertz CT molecular complexity index is 1140. The number of amides is 2. The van der Waals surface area contributed by atoms with Gasteiger partial charge in [0.05, 0.1) is 42.9 Å². The monoisotopic (exact) mass is 638 g/mol. The molecule has 2 rings (SSSR count). The summed E-state index contributed by atoms with van der Waals surface area (Å²) in [5.74, 6) is -4.63. The molecular weight excluding hydrogens is 612 g/mol. The number of aliphatic hydroxyl groups is 1. The maximum absolute atomic E-state index is 15.0. The van der Waals surface area contributed by atoms with Gasteiger partial charge in [-0.2, -0.15) is 0 Å². The van der Waals surface area contributed by atoms with Crippen LogP contribution in [0.25, 0.3) is 0 Å². The number of aliphatic hydroxyl groups excluding tert-OH is 1. The van der Waals surface area contributed by atoms with E-state index in [1.165, 1.54) is 12.1 Å². The number of hydrogen-bond acceptors (Lipinski definition) is 8. The van der Waals surface area contributed by atoms with Crippen LogP contribution in [0.5, 0.6) is 0 Å². The molecule has 2 aromatic rings. The number of benzene rings is 2. The molecule has 0 fully saturated rings. The van der Waals surface area contributed by atoms with Gasteiger partial charge in [0, 0.05) is 9.13 Å². The number of rotatable bonds is 11. The third kappa shape index (κ3) is 9.70. The van der Waals surface area contributed by atoms with Gasteiger partial charge in [-0.05, 0) is 67.6 Å². The fourth-order valence-electron chi connectivity index (χ4n) is 2.64. The molecule has 37 heavy (non-hydrogen) atoms. The third-order valence-corrected chi connectivity index (χ3v) is 4.83. The summed E-state index contributed by atoms with van der Waals surface area (Å²) < 4.78 is 49.8. The number of alkyl carbamates (subject to hydrolysis) is 1. The lowest BCUT2D eigenvalue weighted by atomic mass is 10.1. The van der Waals surface area contributed by atoms with Crippen molar-refractivity contribution in [2.75, 3.05) is 31.7 Å². The lowest BCUT2D eigenvalue weighted by molar-refractivity contribution is 0.0168. The first-order chi connectivity index (χ1) is 17.4. The van der Waals surface area contributed by atoms with Crippen molar-refractivity contribution in [2.24, 2.45) is 5.16 Å². The van der Waals surface area contributed by atoms with Crippen LogP contribution in [0.1, 0.15) is 36.7 Å². The van der Waals surface area contributed by atoms with Crippen LogP contribution in [0.3, 0.4) is 0 Å². The van der Waals surface area contributed by atoms with E-state index in [-0.39, 0.29) is 25.4 Å². The minimum absolute atomic E-state index is 0.0172. The number of carbonyl (C=O) groups is 2. The van der Waals surface area contributed by atoms with Crippen LogP contribution in [0.2, 0.25) is 0 Å². The molecule has 0 aromatic heterocycles. The summed E-state index contributed by atoms with van der Waals surface area (Å²) in [6.45, 7) is 4.33. The van der Waals surface area contributed by atoms with E-state index >= 15 is 4.39 Å². The zero-order valence-corrected chi connectivity index (χ0v) is 22.3. The number of nitrogens with one attached hydrogen (secondary N) is 3. The van der Waals surface area contributed by atoms with Gasteiger partial charge in [0.15, 0.2) is 11.6 Å². The van der Waals surface area contributed by atoms with Crippen molar-refractivity contribution in [1.82, 2.24) is 10.8 Å². The Balaban J connectivity index is 2.21. The van der Waals surface area contributed by atoms with Crippen LogP contribution in [0.15, 0.2) is 29.4 Å². The van der Waals surface area contributed by atoms with Gasteiger partial charge in [-0.1, -0.05) is 5.16 Å². The Labute approximate surface area is 224 Å². The molecule has 0 heterocycles. The molecule has 14 heteroatoms. The average Bonchev–Trinajstić information content (AvgIpc) is 2.80. The molecule has 0 aliphatic rings. The molecule has 2 aromatic carbocycles. The summed E-state index contributed by atoms with van der Waals surface area (Å²) >= 11 is 1.88. The van der Waals surface area contributed by atoms with Crippen molar-refractivity contribution in [3.63, 3.8) is 0 Å². The number of hydrogen-bond donors (Lipinski definition) is 4. The summed E-state index contributed by atoms with van der Waals surface area (Å²) in [7, 11) is 0. The highest BCUT2D eigenvalue weighted by molar-refractivity contribution is 14.1. The first-order valence-corrected chi connectivity index (χ1v) is 11.9. The van der Waals surface area contributed by atoms with Crippen molar-refractivity contribution < 1.29 is 42.3 Å². The van der Waals surface area contributed by atoms with Gasteiger partial charge in [0.2, 0.25) is 0 Å². The second-order valence-electron chi connectivity index (χ2n) is 8.27. The van der Waals surface area contributed by atoms with Crippen LogP contribution in [-0.2, 0) is 14.4 Å². The molecule has 202 valence electrons. The summed E-state index contributed by atoms with van der Waals surface area (Å²) in [5.41, 5.74) is -0.448. The Kier molecular flexibility index (Phi) is 11.4. The van der Waals surface area contributed by atoms with Gasteiger partial charge in [-0.15, -0.1) is 0 Å². The predicted molar refractivity (Wildman–Crippen MR) is 137 cm³/mol. The zero-order valence-electron chi connectivity index (χ0n) is 20.2. The minimum Gasteiger partial charge on any atom is -0.444 e. The quantitative estimate of drug-likeness (QED) is 0.127. The molecule has 0 aliphatic heterocycles. The molecule has 0 radical (unpaired) electrons. The van der Waals surface area contributed by atoms with Crippen molar-refractivity contribution in [1.29, 1.82) is 0 Å². The number of oxime groups is 1. The van der Waals surface area contributed by atoms with Gasteiger partial charge in [-0.3, -0.25) is 9.63 Å². The molecule has 2 amide bonds. The largest absolute Gasteiger partial charge is 0.444 e. The number of nitrogens with zero attached hydrogens (tertiary/aromatic N) is 1. The first kappa shape index (κ1) is 30.1. The highest BCUT2D eigenvalue weighted by Gasteiger charge is 2.23. The molecular formula is C23H26F3IN4O6. The lowest BCUT2D eigenvalue weighted by Crippen LogP contribution is -2.34. The molecule has 0 unspecified atom stereocenters. The maximum atomic E-state index is 15.0. The topological polar surface area (TPSA) is 131 Å². The molecule has 0 saturated heterocycles. The number of halogens is 4. The number of anilines is 2. The van der Waals surface area contributed by atoms with E-state index in [4.69, 9.17) is 19.5 Å². The SMILES string of the molecule is CC(C)(C)OC(=O)NCCO/N=C/c1cc(C(=O)NOCCO)c(Nc2ccc(I)cc2F)c(F)c1F.